The molecule has 1 heterocycles. The molecule has 31 heavy (non-hydrogen) atoms. The van der Waals surface area contributed by atoms with Crippen molar-refractivity contribution in [2.75, 3.05) is 16.8 Å². The molecule has 1 aliphatic heterocycles. The van der Waals surface area contributed by atoms with Gasteiger partial charge < -0.3 is 10.2 Å². The number of hydrogen-bond donors (Lipinski definition) is 2. The van der Waals surface area contributed by atoms with Crippen LogP contribution in [0.4, 0.5) is 11.4 Å². The summed E-state index contributed by atoms with van der Waals surface area (Å²) in [7, 11) is -3.72. The first-order valence-electron chi connectivity index (χ1n) is 12.0. The third kappa shape index (κ3) is 6.94. The van der Waals surface area contributed by atoms with E-state index >= 15 is 0 Å². The summed E-state index contributed by atoms with van der Waals surface area (Å²) in [6.45, 7) is 10.9. The van der Waals surface area contributed by atoms with Crippen molar-refractivity contribution in [3.8, 4) is 0 Å². The lowest BCUT2D eigenvalue weighted by atomic mass is 9.98. The maximum absolute atomic E-state index is 13.3. The molecule has 3 atom stereocenters. The number of anilines is 2. The lowest BCUT2D eigenvalue weighted by molar-refractivity contribution is -0.120. The minimum absolute atomic E-state index is 0.0340. The molecule has 1 fully saturated rings. The SMILES string of the molecule is CCCC[C@H](CC)C(=O)Nc1ccc(N2CCCC[C@@H]2C)c(S(=O)(=O)N[C@H](C)CC)c1. The highest BCUT2D eigenvalue weighted by Crippen LogP contribution is 2.33. The monoisotopic (exact) mass is 451 g/mol. The van der Waals surface area contributed by atoms with Crippen LogP contribution in [0, 0.1) is 5.92 Å². The lowest BCUT2D eigenvalue weighted by Gasteiger charge is -2.36. The molecule has 176 valence electrons. The summed E-state index contributed by atoms with van der Waals surface area (Å²) in [5.41, 5.74) is 1.26. The Balaban J connectivity index is 2.39. The Morgan fingerprint density at radius 2 is 1.94 bits per heavy atom. The summed E-state index contributed by atoms with van der Waals surface area (Å²) in [5, 5.41) is 2.97. The van der Waals surface area contributed by atoms with Crippen LogP contribution in [-0.4, -0.2) is 33.0 Å². The van der Waals surface area contributed by atoms with Crippen molar-refractivity contribution in [1.82, 2.24) is 4.72 Å². The summed E-state index contributed by atoms with van der Waals surface area (Å²) < 4.78 is 29.4. The first kappa shape index (κ1) is 25.7. The highest BCUT2D eigenvalue weighted by atomic mass is 32.2. The molecular formula is C24H41N3O3S. The predicted octanol–water partition coefficient (Wildman–Crippen LogP) is 5.30. The Morgan fingerprint density at radius 1 is 1.19 bits per heavy atom. The molecular weight excluding hydrogens is 410 g/mol. The van der Waals surface area contributed by atoms with Crippen molar-refractivity contribution in [2.45, 2.75) is 103 Å². The molecule has 1 saturated heterocycles. The van der Waals surface area contributed by atoms with E-state index in [1.165, 1.54) is 0 Å². The molecule has 1 aromatic rings. The maximum atomic E-state index is 13.3. The number of nitrogens with zero attached hydrogens (tertiary/aromatic N) is 1. The standard InChI is InChI=1S/C24H41N3O3S/c1-6-9-13-20(8-3)24(28)25-21-14-15-22(27-16-11-10-12-19(27)5)23(17-21)31(29,30)26-18(4)7-2/h14-15,17-20,26H,6-13,16H2,1-5H3,(H,25,28)/t18-,19+,20+/m1/s1. The van der Waals surface area contributed by atoms with Gasteiger partial charge in [0.1, 0.15) is 4.90 Å². The molecule has 6 nitrogen and oxygen atoms in total. The van der Waals surface area contributed by atoms with Gasteiger partial charge in [0.15, 0.2) is 0 Å². The fourth-order valence-corrected chi connectivity index (χ4v) is 5.69. The van der Waals surface area contributed by atoms with Crippen molar-refractivity contribution in [1.29, 1.82) is 0 Å². The van der Waals surface area contributed by atoms with Crippen molar-refractivity contribution < 1.29 is 13.2 Å². The van der Waals surface area contributed by atoms with Gasteiger partial charge in [-0.15, -0.1) is 0 Å². The van der Waals surface area contributed by atoms with Crippen LogP contribution >= 0.6 is 0 Å². The second kappa shape index (κ2) is 11.9. The number of sulfonamides is 1. The largest absolute Gasteiger partial charge is 0.368 e. The molecule has 0 unspecified atom stereocenters. The minimum Gasteiger partial charge on any atom is -0.368 e. The van der Waals surface area contributed by atoms with Crippen LogP contribution in [0.3, 0.4) is 0 Å². The molecule has 2 N–H and O–H groups in total. The summed E-state index contributed by atoms with van der Waals surface area (Å²) in [6, 6.07) is 5.45. The van der Waals surface area contributed by atoms with Crippen molar-refractivity contribution in [3.63, 3.8) is 0 Å². The Labute approximate surface area is 189 Å². The van der Waals surface area contributed by atoms with E-state index in [1.807, 2.05) is 32.9 Å². The van der Waals surface area contributed by atoms with Crippen LogP contribution in [0.1, 0.15) is 86.0 Å². The quantitative estimate of drug-likeness (QED) is 0.479. The van der Waals surface area contributed by atoms with Crippen molar-refractivity contribution >= 4 is 27.3 Å². The Morgan fingerprint density at radius 3 is 2.55 bits per heavy atom. The van der Waals surface area contributed by atoms with Gasteiger partial charge in [-0.25, -0.2) is 13.1 Å². The van der Waals surface area contributed by atoms with Crippen LogP contribution in [0.5, 0.6) is 0 Å². The van der Waals surface area contributed by atoms with Crippen molar-refractivity contribution in [2.24, 2.45) is 5.92 Å². The topological polar surface area (TPSA) is 78.5 Å². The average Bonchev–Trinajstić information content (AvgIpc) is 2.74. The van der Waals surface area contributed by atoms with E-state index < -0.39 is 10.0 Å². The Kier molecular flexibility index (Phi) is 9.82. The zero-order chi connectivity index (χ0) is 23.0. The average molecular weight is 452 g/mol. The van der Waals surface area contributed by atoms with Gasteiger partial charge in [-0.3, -0.25) is 4.79 Å². The second-order valence-electron chi connectivity index (χ2n) is 8.89. The van der Waals surface area contributed by atoms with Crippen LogP contribution in [0.25, 0.3) is 0 Å². The molecule has 0 aromatic heterocycles. The van der Waals surface area contributed by atoms with Gasteiger partial charge in [0.05, 0.1) is 5.69 Å². The number of amides is 1. The fraction of sp³-hybridized carbons (Fsp3) is 0.708. The van der Waals surface area contributed by atoms with Gasteiger partial charge >= 0.3 is 0 Å². The predicted molar refractivity (Wildman–Crippen MR) is 129 cm³/mol. The Bertz CT molecular complexity index is 825. The number of hydrogen-bond acceptors (Lipinski definition) is 4. The molecule has 0 aliphatic carbocycles. The normalized spacial score (nSPS) is 19.1. The van der Waals surface area contributed by atoms with E-state index in [-0.39, 0.29) is 28.8 Å². The number of nitrogens with one attached hydrogen (secondary N) is 2. The summed E-state index contributed by atoms with van der Waals surface area (Å²) in [4.78, 5) is 15.2. The highest BCUT2D eigenvalue weighted by Gasteiger charge is 2.28. The minimum atomic E-state index is -3.72. The van der Waals surface area contributed by atoms with Gasteiger partial charge in [0.2, 0.25) is 15.9 Å². The van der Waals surface area contributed by atoms with Gasteiger partial charge in [-0.05, 0) is 70.6 Å². The maximum Gasteiger partial charge on any atom is 0.242 e. The summed E-state index contributed by atoms with van der Waals surface area (Å²) >= 11 is 0. The van der Waals surface area contributed by atoms with E-state index in [9.17, 15) is 13.2 Å². The van der Waals surface area contributed by atoms with Crippen LogP contribution < -0.4 is 14.9 Å². The first-order chi connectivity index (χ1) is 14.7. The number of carbonyl (C=O) groups is 1. The highest BCUT2D eigenvalue weighted by molar-refractivity contribution is 7.89. The second-order valence-corrected chi connectivity index (χ2v) is 10.6. The Hall–Kier alpha value is -1.60. The molecule has 0 radical (unpaired) electrons. The fourth-order valence-electron chi connectivity index (χ4n) is 4.13. The van der Waals surface area contributed by atoms with E-state index in [4.69, 9.17) is 0 Å². The molecule has 1 aliphatic rings. The van der Waals surface area contributed by atoms with Crippen LogP contribution in [0.15, 0.2) is 23.1 Å². The number of benzene rings is 1. The van der Waals surface area contributed by atoms with Crippen LogP contribution in [-0.2, 0) is 14.8 Å². The summed E-state index contributed by atoms with van der Waals surface area (Å²) in [6.07, 6.45) is 7.66. The number of piperidine rings is 1. The third-order valence-electron chi connectivity index (χ3n) is 6.37. The number of unbranched alkanes of at least 4 members (excludes halogenated alkanes) is 1. The molecule has 2 rings (SSSR count). The molecule has 7 heteroatoms. The molecule has 0 spiro atoms. The van der Waals surface area contributed by atoms with Gasteiger partial charge in [0, 0.05) is 30.2 Å². The number of carbonyl (C=O) groups excluding carboxylic acids is 1. The van der Waals surface area contributed by atoms with E-state index in [2.05, 4.69) is 28.8 Å². The molecule has 0 bridgehead atoms. The molecule has 1 aromatic carbocycles. The zero-order valence-electron chi connectivity index (χ0n) is 19.9. The van der Waals surface area contributed by atoms with Gasteiger partial charge in [-0.1, -0.05) is 33.6 Å². The van der Waals surface area contributed by atoms with E-state index in [0.29, 0.717) is 12.1 Å². The third-order valence-corrected chi connectivity index (χ3v) is 7.99. The zero-order valence-corrected chi connectivity index (χ0v) is 20.7. The molecule has 1 amide bonds. The number of rotatable bonds is 11. The van der Waals surface area contributed by atoms with Gasteiger partial charge in [-0.2, -0.15) is 0 Å². The van der Waals surface area contributed by atoms with E-state index in [1.54, 1.807) is 6.07 Å². The first-order valence-corrected chi connectivity index (χ1v) is 13.5. The van der Waals surface area contributed by atoms with Crippen molar-refractivity contribution in [3.05, 3.63) is 18.2 Å². The van der Waals surface area contributed by atoms with E-state index in [0.717, 1.165) is 57.2 Å². The molecule has 0 saturated carbocycles. The van der Waals surface area contributed by atoms with Gasteiger partial charge in [0.25, 0.3) is 0 Å². The van der Waals surface area contributed by atoms with Crippen LogP contribution in [0.2, 0.25) is 0 Å². The lowest BCUT2D eigenvalue weighted by Crippen LogP contribution is -2.39. The smallest absolute Gasteiger partial charge is 0.242 e. The summed E-state index contributed by atoms with van der Waals surface area (Å²) in [5.74, 6) is -0.0895.